The van der Waals surface area contributed by atoms with E-state index >= 15 is 0 Å². The Morgan fingerprint density at radius 1 is 1.36 bits per heavy atom. The summed E-state index contributed by atoms with van der Waals surface area (Å²) in [6.45, 7) is 2.37. The van der Waals surface area contributed by atoms with Crippen LogP contribution in [0.1, 0.15) is 12.8 Å². The summed E-state index contributed by atoms with van der Waals surface area (Å²) in [6, 6.07) is 0. The highest BCUT2D eigenvalue weighted by Gasteiger charge is 2.24. The van der Waals surface area contributed by atoms with Gasteiger partial charge in [0.2, 0.25) is 0 Å². The molecule has 1 aliphatic carbocycles. The van der Waals surface area contributed by atoms with Crippen molar-refractivity contribution in [1.82, 2.24) is 9.80 Å². The summed E-state index contributed by atoms with van der Waals surface area (Å²) in [7, 11) is 2.11. The molecule has 11 heavy (non-hydrogen) atoms. The number of hydrogen-bond acceptors (Lipinski definition) is 2. The van der Waals surface area contributed by atoms with Crippen molar-refractivity contribution >= 4 is 24.0 Å². The van der Waals surface area contributed by atoms with Crippen molar-refractivity contribution in [3.8, 4) is 0 Å². The van der Waals surface area contributed by atoms with E-state index in [-0.39, 0.29) is 24.0 Å². The van der Waals surface area contributed by atoms with Crippen LogP contribution in [0.25, 0.3) is 0 Å². The fraction of sp³-hybridized carbons (Fsp3) is 0.750. The lowest BCUT2D eigenvalue weighted by Gasteiger charge is -2.17. The molecule has 1 fully saturated rings. The molecule has 2 aliphatic rings. The molecule has 0 N–H and O–H groups in total. The predicted molar refractivity (Wildman–Crippen MR) is 56.6 cm³/mol. The van der Waals surface area contributed by atoms with Gasteiger partial charge in [0.05, 0.1) is 6.67 Å². The van der Waals surface area contributed by atoms with Gasteiger partial charge in [-0.3, -0.25) is 0 Å². The molecule has 0 radical (unpaired) electrons. The first-order valence-electron chi connectivity index (χ1n) is 3.97. The van der Waals surface area contributed by atoms with Gasteiger partial charge in [-0.1, -0.05) is 0 Å². The van der Waals surface area contributed by atoms with E-state index < -0.39 is 0 Å². The molecule has 0 aromatic rings. The minimum Gasteiger partial charge on any atom is -0.362 e. The van der Waals surface area contributed by atoms with Gasteiger partial charge in [0.15, 0.2) is 0 Å². The number of nitrogens with zero attached hydrogens (tertiary/aromatic N) is 2. The van der Waals surface area contributed by atoms with Gasteiger partial charge in [0, 0.05) is 26.0 Å². The van der Waals surface area contributed by atoms with E-state index in [0.29, 0.717) is 0 Å². The van der Waals surface area contributed by atoms with Gasteiger partial charge in [-0.15, -0.1) is 24.0 Å². The molecule has 1 heterocycles. The van der Waals surface area contributed by atoms with Crippen LogP contribution in [-0.2, 0) is 0 Å². The van der Waals surface area contributed by atoms with Crippen LogP contribution >= 0.6 is 24.0 Å². The maximum absolute atomic E-state index is 2.39. The zero-order chi connectivity index (χ0) is 6.97. The van der Waals surface area contributed by atoms with Gasteiger partial charge >= 0.3 is 0 Å². The summed E-state index contributed by atoms with van der Waals surface area (Å²) in [5.41, 5.74) is 0. The average molecular weight is 266 g/mol. The molecular formula is C8H15IN2. The summed E-state index contributed by atoms with van der Waals surface area (Å²) in [5, 5.41) is 0. The van der Waals surface area contributed by atoms with Crippen molar-refractivity contribution < 1.29 is 0 Å². The lowest BCUT2D eigenvalue weighted by atomic mass is 10.4. The van der Waals surface area contributed by atoms with Crippen LogP contribution in [0.3, 0.4) is 0 Å². The summed E-state index contributed by atoms with van der Waals surface area (Å²) >= 11 is 0. The zero-order valence-electron chi connectivity index (χ0n) is 6.86. The summed E-state index contributed by atoms with van der Waals surface area (Å²) < 4.78 is 0. The normalized spacial score (nSPS) is 22.3. The second-order valence-electron chi connectivity index (χ2n) is 3.41. The van der Waals surface area contributed by atoms with E-state index in [9.17, 15) is 0 Å². The standard InChI is InChI=1S/C8H14N2.HI/c1-9-4-5-10(7-9)6-8-2-3-8;/h4-5,8H,2-3,6-7H2,1H3;1H. The van der Waals surface area contributed by atoms with Gasteiger partial charge in [-0.25, -0.2) is 0 Å². The Labute approximate surface area is 85.3 Å². The maximum Gasteiger partial charge on any atom is 0.0890 e. The van der Waals surface area contributed by atoms with Crippen LogP contribution in [0.2, 0.25) is 0 Å². The zero-order valence-corrected chi connectivity index (χ0v) is 9.19. The highest BCUT2D eigenvalue weighted by molar-refractivity contribution is 14.0. The van der Waals surface area contributed by atoms with Crippen molar-refractivity contribution in [2.45, 2.75) is 12.8 Å². The number of hydrogen-bond donors (Lipinski definition) is 0. The lowest BCUT2D eigenvalue weighted by molar-refractivity contribution is 0.288. The van der Waals surface area contributed by atoms with Gasteiger partial charge in [0.25, 0.3) is 0 Å². The minimum absolute atomic E-state index is 0. The summed E-state index contributed by atoms with van der Waals surface area (Å²) in [6.07, 6.45) is 7.24. The molecule has 64 valence electrons. The van der Waals surface area contributed by atoms with Gasteiger partial charge < -0.3 is 9.80 Å². The third-order valence-corrected chi connectivity index (χ3v) is 2.13. The molecule has 0 saturated heterocycles. The average Bonchev–Trinajstić information content (AvgIpc) is 2.59. The van der Waals surface area contributed by atoms with Crippen molar-refractivity contribution in [2.75, 3.05) is 20.3 Å². The lowest BCUT2D eigenvalue weighted by Crippen LogP contribution is -2.24. The molecule has 0 atom stereocenters. The molecule has 0 bridgehead atoms. The predicted octanol–water partition coefficient (Wildman–Crippen LogP) is 1.69. The Balaban J connectivity index is 0.000000605. The highest BCUT2D eigenvalue weighted by atomic mass is 127. The maximum atomic E-state index is 2.39. The molecular weight excluding hydrogens is 251 g/mol. The molecule has 0 unspecified atom stereocenters. The van der Waals surface area contributed by atoms with Crippen LogP contribution in [-0.4, -0.2) is 30.1 Å². The minimum atomic E-state index is 0. The fourth-order valence-corrected chi connectivity index (χ4v) is 1.34. The first-order chi connectivity index (χ1) is 4.84. The molecule has 3 heteroatoms. The number of halogens is 1. The molecule has 1 saturated carbocycles. The summed E-state index contributed by atoms with van der Waals surface area (Å²) in [4.78, 5) is 4.60. The van der Waals surface area contributed by atoms with Crippen LogP contribution in [0.4, 0.5) is 0 Å². The molecule has 0 aromatic carbocycles. The largest absolute Gasteiger partial charge is 0.362 e. The van der Waals surface area contributed by atoms with Gasteiger partial charge in [0.1, 0.15) is 0 Å². The Morgan fingerprint density at radius 2 is 2.09 bits per heavy atom. The first kappa shape index (κ1) is 9.16. The van der Waals surface area contributed by atoms with Crippen molar-refractivity contribution in [3.05, 3.63) is 12.4 Å². The second-order valence-corrected chi connectivity index (χ2v) is 3.41. The van der Waals surface area contributed by atoms with E-state index in [1.807, 2.05) is 0 Å². The van der Waals surface area contributed by atoms with Crippen molar-refractivity contribution in [1.29, 1.82) is 0 Å². The Hall–Kier alpha value is 0.0700. The molecule has 0 aromatic heterocycles. The summed E-state index contributed by atoms with van der Waals surface area (Å²) in [5.74, 6) is 1.01. The van der Waals surface area contributed by atoms with E-state index in [1.54, 1.807) is 0 Å². The quantitative estimate of drug-likeness (QED) is 0.702. The Bertz CT molecular complexity index is 154. The van der Waals surface area contributed by atoms with Crippen LogP contribution in [0.5, 0.6) is 0 Å². The van der Waals surface area contributed by atoms with Gasteiger partial charge in [-0.05, 0) is 18.8 Å². The Morgan fingerprint density at radius 3 is 2.55 bits per heavy atom. The third kappa shape index (κ3) is 2.54. The van der Waals surface area contributed by atoms with E-state index in [4.69, 9.17) is 0 Å². The fourth-order valence-electron chi connectivity index (χ4n) is 1.34. The van der Waals surface area contributed by atoms with E-state index in [1.165, 1.54) is 19.4 Å². The SMILES string of the molecule is CN1C=CN(CC2CC2)C1.I. The topological polar surface area (TPSA) is 6.48 Å². The Kier molecular flexibility index (Phi) is 3.04. The van der Waals surface area contributed by atoms with E-state index in [0.717, 1.165) is 12.6 Å². The van der Waals surface area contributed by atoms with Crippen LogP contribution in [0.15, 0.2) is 12.4 Å². The first-order valence-corrected chi connectivity index (χ1v) is 3.97. The smallest absolute Gasteiger partial charge is 0.0890 e. The monoisotopic (exact) mass is 266 g/mol. The third-order valence-electron chi connectivity index (χ3n) is 2.13. The van der Waals surface area contributed by atoms with Crippen LogP contribution in [0, 0.1) is 5.92 Å². The second kappa shape index (κ2) is 3.65. The van der Waals surface area contributed by atoms with Crippen molar-refractivity contribution in [3.63, 3.8) is 0 Å². The number of rotatable bonds is 2. The van der Waals surface area contributed by atoms with E-state index in [2.05, 4.69) is 29.2 Å². The van der Waals surface area contributed by atoms with Crippen molar-refractivity contribution in [2.24, 2.45) is 5.92 Å². The molecule has 2 nitrogen and oxygen atoms in total. The van der Waals surface area contributed by atoms with Gasteiger partial charge in [-0.2, -0.15) is 0 Å². The molecule has 1 aliphatic heterocycles. The van der Waals surface area contributed by atoms with Crippen LogP contribution < -0.4 is 0 Å². The molecule has 0 amide bonds. The molecule has 2 rings (SSSR count). The molecule has 0 spiro atoms. The highest BCUT2D eigenvalue weighted by Crippen LogP contribution is 2.30.